The summed E-state index contributed by atoms with van der Waals surface area (Å²) in [6, 6.07) is 5.65. The Balaban J connectivity index is 1.54. The summed E-state index contributed by atoms with van der Waals surface area (Å²) in [4.78, 5) is 24.3. The molecular formula is C15H14FNO3. The van der Waals surface area contributed by atoms with Gasteiger partial charge in [0.2, 0.25) is 5.91 Å². The fraction of sp³-hybridized carbons (Fsp3) is 0.467. The van der Waals surface area contributed by atoms with Crippen molar-refractivity contribution >= 4 is 17.6 Å². The number of carbonyl (C=O) groups excluding carboxylic acids is 2. The lowest BCUT2D eigenvalue weighted by Crippen LogP contribution is -2.35. The van der Waals surface area contributed by atoms with Crippen LogP contribution in [0.25, 0.3) is 0 Å². The normalized spacial score (nSPS) is 37.0. The van der Waals surface area contributed by atoms with Crippen molar-refractivity contribution in [3.63, 3.8) is 0 Å². The second kappa shape index (κ2) is 4.04. The van der Waals surface area contributed by atoms with Crippen molar-refractivity contribution in [1.82, 2.24) is 0 Å². The molecule has 3 aliphatic rings. The van der Waals surface area contributed by atoms with Gasteiger partial charge in [0, 0.05) is 11.6 Å². The van der Waals surface area contributed by atoms with Crippen LogP contribution >= 0.6 is 0 Å². The zero-order valence-corrected chi connectivity index (χ0v) is 10.7. The molecule has 1 aromatic carbocycles. The van der Waals surface area contributed by atoms with E-state index in [1.165, 1.54) is 24.3 Å². The van der Waals surface area contributed by atoms with Gasteiger partial charge in [0.15, 0.2) is 0 Å². The fourth-order valence-electron chi connectivity index (χ4n) is 4.12. The minimum Gasteiger partial charge on any atom is -0.462 e. The molecule has 5 atom stereocenters. The number of esters is 1. The molecule has 20 heavy (non-hydrogen) atoms. The van der Waals surface area contributed by atoms with Crippen LogP contribution in [-0.4, -0.2) is 18.0 Å². The zero-order chi connectivity index (χ0) is 13.9. The fourth-order valence-corrected chi connectivity index (χ4v) is 4.12. The minimum atomic E-state index is -0.342. The molecule has 1 heterocycles. The first-order chi connectivity index (χ1) is 9.63. The Kier molecular flexibility index (Phi) is 2.40. The van der Waals surface area contributed by atoms with Gasteiger partial charge in [-0.1, -0.05) is 0 Å². The Morgan fingerprint density at radius 2 is 2.00 bits per heavy atom. The Morgan fingerprint density at radius 1 is 1.25 bits per heavy atom. The maximum absolute atomic E-state index is 12.8. The van der Waals surface area contributed by atoms with E-state index in [0.29, 0.717) is 5.69 Å². The van der Waals surface area contributed by atoms with Crippen molar-refractivity contribution in [1.29, 1.82) is 0 Å². The maximum Gasteiger partial charge on any atom is 0.310 e. The Bertz CT molecular complexity index is 583. The van der Waals surface area contributed by atoms with Crippen molar-refractivity contribution in [3.8, 4) is 0 Å². The average molecular weight is 275 g/mol. The van der Waals surface area contributed by atoms with E-state index < -0.39 is 0 Å². The first-order valence-corrected chi connectivity index (χ1v) is 6.90. The van der Waals surface area contributed by atoms with Crippen molar-refractivity contribution in [2.75, 3.05) is 5.32 Å². The quantitative estimate of drug-likeness (QED) is 0.839. The molecule has 104 valence electrons. The first-order valence-electron chi connectivity index (χ1n) is 6.90. The van der Waals surface area contributed by atoms with Crippen LogP contribution in [0.4, 0.5) is 10.1 Å². The zero-order valence-electron chi connectivity index (χ0n) is 10.7. The molecule has 0 aromatic heterocycles. The topological polar surface area (TPSA) is 55.4 Å². The van der Waals surface area contributed by atoms with Crippen molar-refractivity contribution in [2.24, 2.45) is 23.7 Å². The van der Waals surface area contributed by atoms with Crippen LogP contribution in [0.15, 0.2) is 24.3 Å². The van der Waals surface area contributed by atoms with Gasteiger partial charge >= 0.3 is 5.97 Å². The largest absolute Gasteiger partial charge is 0.462 e. The number of rotatable bonds is 2. The van der Waals surface area contributed by atoms with Crippen molar-refractivity contribution in [2.45, 2.75) is 18.9 Å². The highest BCUT2D eigenvalue weighted by atomic mass is 19.1. The summed E-state index contributed by atoms with van der Waals surface area (Å²) in [7, 11) is 0. The summed E-state index contributed by atoms with van der Waals surface area (Å²) in [6.45, 7) is 0. The van der Waals surface area contributed by atoms with Crippen LogP contribution in [0.1, 0.15) is 12.8 Å². The molecular weight excluding hydrogens is 261 g/mol. The summed E-state index contributed by atoms with van der Waals surface area (Å²) < 4.78 is 18.2. The summed E-state index contributed by atoms with van der Waals surface area (Å²) in [5.41, 5.74) is 0.557. The number of fused-ring (bicyclic) bond motifs is 1. The lowest BCUT2D eigenvalue weighted by molar-refractivity contribution is -0.145. The van der Waals surface area contributed by atoms with E-state index >= 15 is 0 Å². The smallest absolute Gasteiger partial charge is 0.310 e. The number of carbonyl (C=O) groups is 2. The van der Waals surface area contributed by atoms with Gasteiger partial charge in [-0.25, -0.2) is 4.39 Å². The number of ether oxygens (including phenoxy) is 1. The van der Waals surface area contributed by atoms with E-state index in [-0.39, 0.29) is 47.5 Å². The van der Waals surface area contributed by atoms with E-state index in [2.05, 4.69) is 5.32 Å². The molecule has 2 bridgehead atoms. The average Bonchev–Trinajstić information content (AvgIpc) is 3.02. The molecule has 0 spiro atoms. The molecule has 3 fully saturated rings. The molecule has 0 unspecified atom stereocenters. The Hall–Kier alpha value is -1.91. The molecule has 1 N–H and O–H groups in total. The lowest BCUT2D eigenvalue weighted by Gasteiger charge is -2.23. The molecule has 5 heteroatoms. The van der Waals surface area contributed by atoms with Gasteiger partial charge in [-0.05, 0) is 43.0 Å². The van der Waals surface area contributed by atoms with Crippen LogP contribution in [0.3, 0.4) is 0 Å². The molecule has 4 rings (SSSR count). The number of hydrogen-bond acceptors (Lipinski definition) is 3. The second-order valence-corrected chi connectivity index (χ2v) is 5.92. The summed E-state index contributed by atoms with van der Waals surface area (Å²) >= 11 is 0. The van der Waals surface area contributed by atoms with Crippen LogP contribution in [-0.2, 0) is 14.3 Å². The molecule has 1 saturated heterocycles. The Labute approximate surface area is 115 Å². The highest BCUT2D eigenvalue weighted by molar-refractivity contribution is 5.96. The summed E-state index contributed by atoms with van der Waals surface area (Å²) in [6.07, 6.45) is 1.74. The second-order valence-electron chi connectivity index (χ2n) is 5.92. The monoisotopic (exact) mass is 275 g/mol. The van der Waals surface area contributed by atoms with Gasteiger partial charge in [0.25, 0.3) is 0 Å². The number of nitrogens with one attached hydrogen (secondary N) is 1. The van der Waals surface area contributed by atoms with E-state index in [9.17, 15) is 14.0 Å². The first kappa shape index (κ1) is 11.9. The van der Waals surface area contributed by atoms with E-state index in [1.54, 1.807) is 0 Å². The van der Waals surface area contributed by atoms with Gasteiger partial charge in [-0.15, -0.1) is 0 Å². The van der Waals surface area contributed by atoms with Crippen molar-refractivity contribution < 1.29 is 18.7 Å². The van der Waals surface area contributed by atoms with Gasteiger partial charge < -0.3 is 10.1 Å². The lowest BCUT2D eigenvalue weighted by atomic mass is 9.79. The van der Waals surface area contributed by atoms with E-state index in [1.807, 2.05) is 0 Å². The SMILES string of the molecule is O=C(Nc1ccc(F)cc1)[C@H]1[C@@H]2C[C@@H]3[C@@H]1C(=O)O[C@@H]3C2. The van der Waals surface area contributed by atoms with Crippen molar-refractivity contribution in [3.05, 3.63) is 30.1 Å². The molecule has 1 aliphatic heterocycles. The number of amides is 1. The molecule has 1 amide bonds. The molecule has 0 radical (unpaired) electrons. The van der Waals surface area contributed by atoms with Crippen LogP contribution in [0.5, 0.6) is 0 Å². The predicted octanol–water partition coefficient (Wildman–Crippen LogP) is 1.96. The predicted molar refractivity (Wildman–Crippen MR) is 68.1 cm³/mol. The van der Waals surface area contributed by atoms with E-state index in [4.69, 9.17) is 4.74 Å². The van der Waals surface area contributed by atoms with Crippen LogP contribution < -0.4 is 5.32 Å². The third-order valence-corrected chi connectivity index (χ3v) is 4.90. The molecule has 2 saturated carbocycles. The number of benzene rings is 1. The number of halogens is 1. The van der Waals surface area contributed by atoms with Crippen LogP contribution in [0, 0.1) is 29.5 Å². The summed E-state index contributed by atoms with van der Waals surface area (Å²) in [5.74, 6) is -0.829. The Morgan fingerprint density at radius 3 is 2.75 bits per heavy atom. The highest BCUT2D eigenvalue weighted by Crippen LogP contribution is 2.57. The van der Waals surface area contributed by atoms with Gasteiger partial charge in [-0.2, -0.15) is 0 Å². The van der Waals surface area contributed by atoms with E-state index in [0.717, 1.165) is 12.8 Å². The van der Waals surface area contributed by atoms with Gasteiger partial charge in [-0.3, -0.25) is 9.59 Å². The standard InChI is InChI=1S/C15H14FNO3/c16-8-1-3-9(4-2-8)17-14(18)12-7-5-10-11(6-7)20-15(19)13(10)12/h1-4,7,10-13H,5-6H2,(H,17,18)/t7-,10+,11-,12+,13+/m1/s1. The third kappa shape index (κ3) is 1.58. The minimum absolute atomic E-state index is 0.0346. The van der Waals surface area contributed by atoms with Crippen LogP contribution in [0.2, 0.25) is 0 Å². The summed E-state index contributed by atoms with van der Waals surface area (Å²) in [5, 5.41) is 2.79. The molecule has 4 nitrogen and oxygen atoms in total. The van der Waals surface area contributed by atoms with Gasteiger partial charge in [0.1, 0.15) is 11.9 Å². The van der Waals surface area contributed by atoms with Gasteiger partial charge in [0.05, 0.1) is 11.8 Å². The third-order valence-electron chi connectivity index (χ3n) is 4.90. The number of hydrogen-bond donors (Lipinski definition) is 1. The maximum atomic E-state index is 12.8. The molecule has 1 aromatic rings. The number of anilines is 1. The molecule has 2 aliphatic carbocycles. The highest BCUT2D eigenvalue weighted by Gasteiger charge is 2.63.